The van der Waals surface area contributed by atoms with Gasteiger partial charge in [0.05, 0.1) is 19.0 Å². The Labute approximate surface area is 174 Å². The molecule has 4 aromatic rings. The summed E-state index contributed by atoms with van der Waals surface area (Å²) in [5.74, 6) is 0.361. The number of hydrogen-bond acceptors (Lipinski definition) is 5. The van der Waals surface area contributed by atoms with Crippen LogP contribution in [0.4, 0.5) is 5.69 Å². The number of methoxy groups -OCH3 is 1. The van der Waals surface area contributed by atoms with E-state index in [0.717, 1.165) is 33.3 Å². The second-order valence-electron chi connectivity index (χ2n) is 6.87. The molecule has 0 radical (unpaired) electrons. The van der Waals surface area contributed by atoms with Crippen LogP contribution in [0.3, 0.4) is 0 Å². The lowest BCUT2D eigenvalue weighted by molar-refractivity contribution is -0.113. The van der Waals surface area contributed by atoms with E-state index in [4.69, 9.17) is 4.74 Å². The molecule has 30 heavy (non-hydrogen) atoms. The SMILES string of the molecule is C=CC(=O)N(C)c1cncc(-c2cnc3c(c2)c(-c2ccnc(OC)c2)cn3C)c1. The highest BCUT2D eigenvalue weighted by atomic mass is 16.5. The normalized spacial score (nSPS) is 10.8. The van der Waals surface area contributed by atoms with Crippen LogP contribution in [0.15, 0.2) is 67.9 Å². The molecule has 0 aromatic carbocycles. The Balaban J connectivity index is 1.82. The van der Waals surface area contributed by atoms with Gasteiger partial charge in [-0.05, 0) is 29.8 Å². The first-order valence-electron chi connectivity index (χ1n) is 9.33. The minimum Gasteiger partial charge on any atom is -0.481 e. The zero-order valence-electron chi connectivity index (χ0n) is 17.0. The summed E-state index contributed by atoms with van der Waals surface area (Å²) in [6.07, 6.45) is 10.3. The summed E-state index contributed by atoms with van der Waals surface area (Å²) in [6.45, 7) is 3.54. The molecule has 7 heteroatoms. The molecule has 0 atom stereocenters. The number of nitrogens with zero attached hydrogens (tertiary/aromatic N) is 5. The van der Waals surface area contributed by atoms with E-state index < -0.39 is 0 Å². The highest BCUT2D eigenvalue weighted by Crippen LogP contribution is 2.33. The quantitative estimate of drug-likeness (QED) is 0.477. The van der Waals surface area contributed by atoms with Gasteiger partial charge in [-0.15, -0.1) is 0 Å². The van der Waals surface area contributed by atoms with Gasteiger partial charge < -0.3 is 14.2 Å². The minimum atomic E-state index is -0.195. The van der Waals surface area contributed by atoms with E-state index >= 15 is 0 Å². The maximum Gasteiger partial charge on any atom is 0.250 e. The fraction of sp³-hybridized carbons (Fsp3) is 0.130. The second-order valence-corrected chi connectivity index (χ2v) is 6.87. The van der Waals surface area contributed by atoms with E-state index in [1.54, 1.807) is 32.7 Å². The molecule has 4 aromatic heterocycles. The van der Waals surface area contributed by atoms with E-state index in [2.05, 4.69) is 27.6 Å². The number of carbonyl (C=O) groups excluding carboxylic acids is 1. The van der Waals surface area contributed by atoms with Crippen molar-refractivity contribution in [2.24, 2.45) is 7.05 Å². The molecule has 0 unspecified atom stereocenters. The molecule has 1 amide bonds. The summed E-state index contributed by atoms with van der Waals surface area (Å²) in [6, 6.07) is 7.84. The monoisotopic (exact) mass is 399 g/mol. The molecule has 0 fully saturated rings. The van der Waals surface area contributed by atoms with Gasteiger partial charge in [-0.2, -0.15) is 0 Å². The van der Waals surface area contributed by atoms with Gasteiger partial charge in [-0.25, -0.2) is 9.97 Å². The Hall–Kier alpha value is -4.00. The number of rotatable bonds is 5. The van der Waals surface area contributed by atoms with Crippen molar-refractivity contribution in [1.82, 2.24) is 19.5 Å². The van der Waals surface area contributed by atoms with Gasteiger partial charge in [0.15, 0.2) is 0 Å². The number of hydrogen-bond donors (Lipinski definition) is 0. The van der Waals surface area contributed by atoms with Crippen LogP contribution in [-0.4, -0.2) is 39.6 Å². The first-order chi connectivity index (χ1) is 14.5. The Kier molecular flexibility index (Phi) is 5.02. The lowest BCUT2D eigenvalue weighted by Gasteiger charge is -2.15. The van der Waals surface area contributed by atoms with E-state index in [-0.39, 0.29) is 5.91 Å². The van der Waals surface area contributed by atoms with Gasteiger partial charge in [0.1, 0.15) is 5.65 Å². The van der Waals surface area contributed by atoms with Crippen LogP contribution < -0.4 is 9.64 Å². The largest absolute Gasteiger partial charge is 0.481 e. The molecule has 0 aliphatic carbocycles. The van der Waals surface area contributed by atoms with Crippen molar-refractivity contribution in [2.45, 2.75) is 0 Å². The van der Waals surface area contributed by atoms with Crippen molar-refractivity contribution in [3.8, 4) is 28.1 Å². The summed E-state index contributed by atoms with van der Waals surface area (Å²) in [5.41, 5.74) is 5.36. The molecular weight excluding hydrogens is 378 g/mol. The number of ether oxygens (including phenoxy) is 1. The number of amides is 1. The molecular formula is C23H21N5O2. The van der Waals surface area contributed by atoms with E-state index in [0.29, 0.717) is 11.6 Å². The molecule has 4 rings (SSSR count). The Bertz CT molecular complexity index is 1260. The predicted octanol–water partition coefficient (Wildman–Crippen LogP) is 3.85. The van der Waals surface area contributed by atoms with Crippen LogP contribution in [0.2, 0.25) is 0 Å². The standard InChI is InChI=1S/C23H21N5O2/c1-5-22(29)28(3)18-8-16(11-24-13-18)17-9-19-20(14-27(2)23(19)26-12-17)15-6-7-25-21(10-15)30-4/h5-14H,1H2,2-4H3. The average Bonchev–Trinajstić information content (AvgIpc) is 3.14. The Morgan fingerprint density at radius 3 is 2.70 bits per heavy atom. The van der Waals surface area contributed by atoms with Gasteiger partial charge in [-0.3, -0.25) is 9.78 Å². The third kappa shape index (κ3) is 3.41. The fourth-order valence-electron chi connectivity index (χ4n) is 3.37. The van der Waals surface area contributed by atoms with Crippen molar-refractivity contribution in [1.29, 1.82) is 0 Å². The molecule has 7 nitrogen and oxygen atoms in total. The molecule has 0 saturated heterocycles. The van der Waals surface area contributed by atoms with Crippen LogP contribution in [-0.2, 0) is 11.8 Å². The molecule has 0 bridgehead atoms. The highest BCUT2D eigenvalue weighted by Gasteiger charge is 2.14. The molecule has 4 heterocycles. The molecule has 0 aliphatic heterocycles. The van der Waals surface area contributed by atoms with Gasteiger partial charge in [0.2, 0.25) is 11.8 Å². The summed E-state index contributed by atoms with van der Waals surface area (Å²) in [4.78, 5) is 26.6. The van der Waals surface area contributed by atoms with Crippen LogP contribution in [0.1, 0.15) is 0 Å². The summed E-state index contributed by atoms with van der Waals surface area (Å²) in [7, 11) is 5.26. The highest BCUT2D eigenvalue weighted by molar-refractivity contribution is 6.01. The van der Waals surface area contributed by atoms with E-state index in [1.165, 1.54) is 11.0 Å². The molecule has 0 aliphatic rings. The fourth-order valence-corrected chi connectivity index (χ4v) is 3.37. The van der Waals surface area contributed by atoms with Crippen LogP contribution in [0.25, 0.3) is 33.3 Å². The topological polar surface area (TPSA) is 73.1 Å². The number of aromatic nitrogens is 4. The van der Waals surface area contributed by atoms with Gasteiger partial charge in [0.25, 0.3) is 0 Å². The zero-order chi connectivity index (χ0) is 21.3. The maximum absolute atomic E-state index is 11.9. The lowest BCUT2D eigenvalue weighted by Crippen LogP contribution is -2.23. The zero-order valence-corrected chi connectivity index (χ0v) is 17.0. The first kappa shape index (κ1) is 19.3. The van der Waals surface area contributed by atoms with Crippen LogP contribution in [0, 0.1) is 0 Å². The molecule has 0 N–H and O–H groups in total. The third-order valence-electron chi connectivity index (χ3n) is 5.02. The van der Waals surface area contributed by atoms with Crippen molar-refractivity contribution >= 4 is 22.6 Å². The Morgan fingerprint density at radius 2 is 1.93 bits per heavy atom. The predicted molar refractivity (Wildman–Crippen MR) is 117 cm³/mol. The first-order valence-corrected chi connectivity index (χ1v) is 9.33. The number of fused-ring (bicyclic) bond motifs is 1. The summed E-state index contributed by atoms with van der Waals surface area (Å²) in [5, 5.41) is 1.00. The summed E-state index contributed by atoms with van der Waals surface area (Å²) < 4.78 is 7.26. The summed E-state index contributed by atoms with van der Waals surface area (Å²) >= 11 is 0. The number of aryl methyl sites for hydroxylation is 1. The third-order valence-corrected chi connectivity index (χ3v) is 5.02. The number of carbonyl (C=O) groups is 1. The van der Waals surface area contributed by atoms with Crippen molar-refractivity contribution in [3.05, 3.63) is 67.9 Å². The minimum absolute atomic E-state index is 0.195. The Morgan fingerprint density at radius 1 is 1.13 bits per heavy atom. The molecule has 0 spiro atoms. The van der Waals surface area contributed by atoms with E-state index in [9.17, 15) is 4.79 Å². The maximum atomic E-state index is 11.9. The number of likely N-dealkylation sites (N-methyl/N-ethyl adjacent to an activating group) is 1. The van der Waals surface area contributed by atoms with Crippen molar-refractivity contribution in [3.63, 3.8) is 0 Å². The lowest BCUT2D eigenvalue weighted by atomic mass is 10.0. The van der Waals surface area contributed by atoms with Crippen LogP contribution >= 0.6 is 0 Å². The van der Waals surface area contributed by atoms with Gasteiger partial charge >= 0.3 is 0 Å². The average molecular weight is 399 g/mol. The smallest absolute Gasteiger partial charge is 0.250 e. The molecule has 150 valence electrons. The van der Waals surface area contributed by atoms with Crippen molar-refractivity contribution in [2.75, 3.05) is 19.1 Å². The van der Waals surface area contributed by atoms with Crippen LogP contribution in [0.5, 0.6) is 5.88 Å². The molecule has 0 saturated carbocycles. The number of pyridine rings is 3. The second kappa shape index (κ2) is 7.79. The van der Waals surface area contributed by atoms with Crippen molar-refractivity contribution < 1.29 is 9.53 Å². The number of anilines is 1. The van der Waals surface area contributed by atoms with Gasteiger partial charge in [-0.1, -0.05) is 6.58 Å². The van der Waals surface area contributed by atoms with Gasteiger partial charge in [0, 0.05) is 67.0 Å². The van der Waals surface area contributed by atoms with E-state index in [1.807, 2.05) is 42.2 Å².